The molecular formula is C17H15F2N5O. The Kier molecular flexibility index (Phi) is 4.51. The molecule has 128 valence electrons. The second-order valence-electron chi connectivity index (χ2n) is 5.29. The number of halogens is 2. The lowest BCUT2D eigenvalue weighted by molar-refractivity contribution is 0.00795. The van der Waals surface area contributed by atoms with Crippen LogP contribution in [0, 0.1) is 0 Å². The number of nitrogens with one attached hydrogen (secondary N) is 1. The van der Waals surface area contributed by atoms with Crippen molar-refractivity contribution in [2.24, 2.45) is 0 Å². The fourth-order valence-electron chi connectivity index (χ4n) is 2.16. The van der Waals surface area contributed by atoms with Gasteiger partial charge in [-0.3, -0.25) is 9.97 Å². The molecule has 3 rings (SSSR count). The first-order valence-electron chi connectivity index (χ1n) is 7.40. The van der Waals surface area contributed by atoms with Gasteiger partial charge in [0.1, 0.15) is 5.82 Å². The van der Waals surface area contributed by atoms with Gasteiger partial charge in [-0.15, -0.1) is 0 Å². The van der Waals surface area contributed by atoms with E-state index in [0.717, 1.165) is 6.92 Å². The number of alkyl halides is 2. The minimum absolute atomic E-state index is 0.225. The molecule has 0 atom stereocenters. The van der Waals surface area contributed by atoms with Crippen molar-refractivity contribution in [3.05, 3.63) is 54.9 Å². The summed E-state index contributed by atoms with van der Waals surface area (Å²) < 4.78 is 32.8. The van der Waals surface area contributed by atoms with Gasteiger partial charge in [-0.25, -0.2) is 9.97 Å². The van der Waals surface area contributed by atoms with Gasteiger partial charge in [-0.2, -0.15) is 8.78 Å². The quantitative estimate of drug-likeness (QED) is 0.760. The van der Waals surface area contributed by atoms with E-state index in [0.29, 0.717) is 22.7 Å². The van der Waals surface area contributed by atoms with E-state index < -0.39 is 11.7 Å². The van der Waals surface area contributed by atoms with E-state index in [1.54, 1.807) is 42.9 Å². The van der Waals surface area contributed by atoms with Crippen LogP contribution in [-0.4, -0.2) is 27.0 Å². The molecular weight excluding hydrogens is 328 g/mol. The summed E-state index contributed by atoms with van der Waals surface area (Å²) in [6.07, 6.45) is 6.22. The molecule has 6 nitrogen and oxygen atoms in total. The van der Waals surface area contributed by atoms with E-state index in [9.17, 15) is 8.78 Å². The van der Waals surface area contributed by atoms with E-state index in [-0.39, 0.29) is 5.82 Å². The molecule has 1 N–H and O–H groups in total. The van der Waals surface area contributed by atoms with Crippen LogP contribution in [0.3, 0.4) is 0 Å². The van der Waals surface area contributed by atoms with Gasteiger partial charge in [-0.05, 0) is 18.2 Å². The minimum Gasteiger partial charge on any atom is -0.493 e. The van der Waals surface area contributed by atoms with Crippen LogP contribution in [0.1, 0.15) is 12.7 Å². The number of rotatable bonds is 5. The Hall–Kier alpha value is -3.16. The first-order chi connectivity index (χ1) is 12.0. The van der Waals surface area contributed by atoms with Crippen LogP contribution in [0.4, 0.5) is 20.3 Å². The molecule has 0 aromatic carbocycles. The summed E-state index contributed by atoms with van der Waals surface area (Å²) in [7, 11) is 1.50. The van der Waals surface area contributed by atoms with Crippen LogP contribution in [0.2, 0.25) is 0 Å². The second kappa shape index (κ2) is 6.76. The Balaban J connectivity index is 2.07. The molecule has 0 bridgehead atoms. The average Bonchev–Trinajstić information content (AvgIpc) is 2.62. The molecule has 0 fully saturated rings. The van der Waals surface area contributed by atoms with E-state index in [1.165, 1.54) is 13.3 Å². The lowest BCUT2D eigenvalue weighted by Crippen LogP contribution is -2.14. The maximum absolute atomic E-state index is 13.8. The Morgan fingerprint density at radius 2 is 1.76 bits per heavy atom. The van der Waals surface area contributed by atoms with Gasteiger partial charge in [0.15, 0.2) is 5.75 Å². The normalized spacial score (nSPS) is 11.2. The molecule has 3 aromatic heterocycles. The molecule has 0 aliphatic carbocycles. The highest BCUT2D eigenvalue weighted by molar-refractivity contribution is 5.68. The monoisotopic (exact) mass is 343 g/mol. The predicted octanol–water partition coefficient (Wildman–Crippen LogP) is 3.80. The average molecular weight is 343 g/mol. The summed E-state index contributed by atoms with van der Waals surface area (Å²) in [5, 5.41) is 2.98. The molecule has 0 saturated carbocycles. The summed E-state index contributed by atoms with van der Waals surface area (Å²) in [5.74, 6) is -3.06. The fourth-order valence-corrected chi connectivity index (χ4v) is 2.16. The zero-order valence-corrected chi connectivity index (χ0v) is 13.6. The summed E-state index contributed by atoms with van der Waals surface area (Å²) in [6.45, 7) is 0.759. The van der Waals surface area contributed by atoms with Crippen LogP contribution in [0.25, 0.3) is 11.3 Å². The van der Waals surface area contributed by atoms with Gasteiger partial charge in [0, 0.05) is 37.1 Å². The lowest BCUT2D eigenvalue weighted by Gasteiger charge is -2.15. The maximum atomic E-state index is 13.8. The highest BCUT2D eigenvalue weighted by atomic mass is 19.3. The third kappa shape index (κ3) is 3.85. The zero-order chi connectivity index (χ0) is 17.9. The van der Waals surface area contributed by atoms with Crippen molar-refractivity contribution >= 4 is 11.5 Å². The molecule has 0 saturated heterocycles. The minimum atomic E-state index is -3.18. The molecule has 0 aliphatic heterocycles. The maximum Gasteiger partial charge on any atom is 0.303 e. The Morgan fingerprint density at radius 3 is 2.44 bits per heavy atom. The highest BCUT2D eigenvalue weighted by Crippen LogP contribution is 2.31. The Labute approximate surface area is 143 Å². The number of aromatic nitrogens is 4. The van der Waals surface area contributed by atoms with Crippen LogP contribution in [0.15, 0.2) is 49.1 Å². The van der Waals surface area contributed by atoms with Crippen molar-refractivity contribution in [1.29, 1.82) is 0 Å². The number of anilines is 2. The van der Waals surface area contributed by atoms with Gasteiger partial charge < -0.3 is 10.1 Å². The number of hydrogen-bond acceptors (Lipinski definition) is 6. The molecule has 0 amide bonds. The predicted molar refractivity (Wildman–Crippen MR) is 88.9 cm³/mol. The molecule has 3 aromatic rings. The Morgan fingerprint density at radius 1 is 1.04 bits per heavy atom. The van der Waals surface area contributed by atoms with Gasteiger partial charge in [0.05, 0.1) is 24.7 Å². The van der Waals surface area contributed by atoms with Crippen molar-refractivity contribution in [3.63, 3.8) is 0 Å². The summed E-state index contributed by atoms with van der Waals surface area (Å²) in [6, 6.07) is 6.63. The third-order valence-electron chi connectivity index (χ3n) is 3.36. The molecule has 8 heteroatoms. The van der Waals surface area contributed by atoms with E-state index in [2.05, 4.69) is 25.3 Å². The van der Waals surface area contributed by atoms with Crippen molar-refractivity contribution < 1.29 is 13.5 Å². The Bertz CT molecular complexity index is 868. The van der Waals surface area contributed by atoms with Crippen molar-refractivity contribution in [3.8, 4) is 17.0 Å². The lowest BCUT2D eigenvalue weighted by atomic mass is 10.2. The topological polar surface area (TPSA) is 72.8 Å². The standard InChI is InChI=1S/C17H15F2N5O/c1-17(18,19)16-23-13(11-3-6-20-7-4-11)9-15(24-16)22-12-5-8-21-10-14(12)25-2/h3-10H,1-2H3,(H,21,22,23,24). The third-order valence-corrected chi connectivity index (χ3v) is 3.36. The summed E-state index contributed by atoms with van der Waals surface area (Å²) in [4.78, 5) is 15.8. The molecule has 25 heavy (non-hydrogen) atoms. The smallest absolute Gasteiger partial charge is 0.303 e. The molecule has 3 heterocycles. The first-order valence-corrected chi connectivity index (χ1v) is 7.40. The van der Waals surface area contributed by atoms with Crippen LogP contribution < -0.4 is 10.1 Å². The SMILES string of the molecule is COc1cnccc1Nc1cc(-c2ccncc2)nc(C(C)(F)F)n1. The molecule has 0 radical (unpaired) electrons. The van der Waals surface area contributed by atoms with E-state index in [4.69, 9.17) is 4.74 Å². The van der Waals surface area contributed by atoms with E-state index >= 15 is 0 Å². The van der Waals surface area contributed by atoms with Crippen molar-refractivity contribution in [2.45, 2.75) is 12.8 Å². The molecule has 0 spiro atoms. The molecule has 0 aliphatic rings. The largest absolute Gasteiger partial charge is 0.493 e. The second-order valence-corrected chi connectivity index (χ2v) is 5.29. The van der Waals surface area contributed by atoms with Gasteiger partial charge in [0.25, 0.3) is 0 Å². The van der Waals surface area contributed by atoms with Gasteiger partial charge in [-0.1, -0.05) is 0 Å². The van der Waals surface area contributed by atoms with Gasteiger partial charge >= 0.3 is 5.92 Å². The number of nitrogens with zero attached hydrogens (tertiary/aromatic N) is 4. The van der Waals surface area contributed by atoms with Crippen LogP contribution >= 0.6 is 0 Å². The first kappa shape index (κ1) is 16.7. The van der Waals surface area contributed by atoms with E-state index in [1.807, 2.05) is 0 Å². The number of methoxy groups -OCH3 is 1. The summed E-state index contributed by atoms with van der Waals surface area (Å²) in [5.41, 5.74) is 1.58. The van der Waals surface area contributed by atoms with Crippen LogP contribution in [-0.2, 0) is 5.92 Å². The summed E-state index contributed by atoms with van der Waals surface area (Å²) >= 11 is 0. The van der Waals surface area contributed by atoms with Crippen molar-refractivity contribution in [1.82, 2.24) is 19.9 Å². The number of hydrogen-bond donors (Lipinski definition) is 1. The molecule has 0 unspecified atom stereocenters. The number of pyridine rings is 2. The zero-order valence-electron chi connectivity index (χ0n) is 13.6. The van der Waals surface area contributed by atoms with Gasteiger partial charge in [0.2, 0.25) is 5.82 Å². The van der Waals surface area contributed by atoms with Crippen LogP contribution in [0.5, 0.6) is 5.75 Å². The highest BCUT2D eigenvalue weighted by Gasteiger charge is 2.29. The number of ether oxygens (including phenoxy) is 1. The fraction of sp³-hybridized carbons (Fsp3) is 0.176. The van der Waals surface area contributed by atoms with Crippen molar-refractivity contribution in [2.75, 3.05) is 12.4 Å².